The second-order valence-electron chi connectivity index (χ2n) is 4.56. The molecule has 8 heteroatoms. The zero-order valence-electron chi connectivity index (χ0n) is 11.9. The second kappa shape index (κ2) is 6.72. The molecule has 0 bridgehead atoms. The Morgan fingerprint density at radius 1 is 1.41 bits per heavy atom. The molecular formula is C14H16N4O4. The summed E-state index contributed by atoms with van der Waals surface area (Å²) in [4.78, 5) is 25.9. The smallest absolute Gasteiger partial charge is 0.335 e. The number of aromatic nitrogens is 2. The van der Waals surface area contributed by atoms with Crippen LogP contribution < -0.4 is 16.7 Å². The fourth-order valence-electron chi connectivity index (χ4n) is 1.89. The Bertz CT molecular complexity index is 807. The lowest BCUT2D eigenvalue weighted by Gasteiger charge is -2.10. The highest BCUT2D eigenvalue weighted by Gasteiger charge is 2.14. The van der Waals surface area contributed by atoms with Gasteiger partial charge in [-0.3, -0.25) is 9.78 Å². The summed E-state index contributed by atoms with van der Waals surface area (Å²) >= 11 is 0. The van der Waals surface area contributed by atoms with E-state index in [9.17, 15) is 14.7 Å². The van der Waals surface area contributed by atoms with Crippen molar-refractivity contribution in [1.29, 1.82) is 0 Å². The van der Waals surface area contributed by atoms with E-state index in [0.717, 1.165) is 16.3 Å². The fourth-order valence-corrected chi connectivity index (χ4v) is 1.89. The Hall–Kier alpha value is -2.87. The van der Waals surface area contributed by atoms with Crippen molar-refractivity contribution in [3.05, 3.63) is 56.2 Å². The molecule has 0 saturated heterocycles. The van der Waals surface area contributed by atoms with Gasteiger partial charge < -0.3 is 15.6 Å². The van der Waals surface area contributed by atoms with Gasteiger partial charge in [-0.1, -0.05) is 12.1 Å². The van der Waals surface area contributed by atoms with Crippen molar-refractivity contribution < 1.29 is 10.2 Å². The molecule has 0 amide bonds. The largest absolute Gasteiger partial charge is 0.493 e. The maximum absolute atomic E-state index is 12.0. The summed E-state index contributed by atoms with van der Waals surface area (Å²) in [5.74, 6) is -0.506. The van der Waals surface area contributed by atoms with Gasteiger partial charge in [0.2, 0.25) is 5.88 Å². The van der Waals surface area contributed by atoms with Gasteiger partial charge in [-0.2, -0.15) is 5.10 Å². The van der Waals surface area contributed by atoms with Crippen molar-refractivity contribution in [3.8, 4) is 11.6 Å². The average Bonchev–Trinajstić information content (AvgIpc) is 2.46. The van der Waals surface area contributed by atoms with E-state index >= 15 is 0 Å². The summed E-state index contributed by atoms with van der Waals surface area (Å²) < 4.78 is 0.988. The third kappa shape index (κ3) is 3.23. The minimum absolute atomic E-state index is 0.123. The Balaban J connectivity index is 2.54. The summed E-state index contributed by atoms with van der Waals surface area (Å²) in [6.07, 6.45) is 1.09. The number of aromatic amines is 1. The molecular weight excluding hydrogens is 288 g/mol. The number of aryl methyl sites for hydroxylation is 1. The molecule has 0 spiro atoms. The third-order valence-electron chi connectivity index (χ3n) is 2.89. The molecule has 2 aromatic rings. The SMILES string of the molecule is Cc1cccc(-n2c(O)c(/C=N\NCCO)c(=O)[nH]c2=O)c1. The zero-order valence-corrected chi connectivity index (χ0v) is 11.9. The monoisotopic (exact) mass is 304 g/mol. The molecule has 0 atom stereocenters. The number of H-pyrrole nitrogens is 1. The average molecular weight is 304 g/mol. The maximum atomic E-state index is 12.0. The van der Waals surface area contributed by atoms with Crippen molar-refractivity contribution >= 4 is 6.21 Å². The predicted molar refractivity (Wildman–Crippen MR) is 81.7 cm³/mol. The minimum atomic E-state index is -0.749. The van der Waals surface area contributed by atoms with Gasteiger partial charge in [0, 0.05) is 0 Å². The molecule has 0 radical (unpaired) electrons. The van der Waals surface area contributed by atoms with Crippen LogP contribution in [0.5, 0.6) is 5.88 Å². The number of hydrogen-bond acceptors (Lipinski definition) is 6. The first-order valence-corrected chi connectivity index (χ1v) is 6.56. The van der Waals surface area contributed by atoms with Crippen LogP contribution in [0.25, 0.3) is 5.69 Å². The molecule has 116 valence electrons. The molecule has 1 heterocycles. The summed E-state index contributed by atoms with van der Waals surface area (Å²) in [6.45, 7) is 1.92. The fraction of sp³-hybridized carbons (Fsp3) is 0.214. The number of aliphatic hydroxyl groups excluding tert-OH is 1. The van der Waals surface area contributed by atoms with E-state index in [0.29, 0.717) is 5.69 Å². The van der Waals surface area contributed by atoms with Crippen LogP contribution in [0.4, 0.5) is 0 Å². The molecule has 22 heavy (non-hydrogen) atoms. The van der Waals surface area contributed by atoms with Gasteiger partial charge in [0.25, 0.3) is 5.56 Å². The Kier molecular flexibility index (Phi) is 4.74. The van der Waals surface area contributed by atoms with Crippen LogP contribution in [0.1, 0.15) is 11.1 Å². The summed E-state index contributed by atoms with van der Waals surface area (Å²) in [7, 11) is 0. The topological polar surface area (TPSA) is 120 Å². The van der Waals surface area contributed by atoms with Crippen LogP contribution in [0.2, 0.25) is 0 Å². The lowest BCUT2D eigenvalue weighted by Crippen LogP contribution is -2.31. The van der Waals surface area contributed by atoms with Gasteiger partial charge in [0.05, 0.1) is 25.1 Å². The van der Waals surface area contributed by atoms with E-state index in [-0.39, 0.29) is 18.7 Å². The molecule has 4 N–H and O–H groups in total. The summed E-state index contributed by atoms with van der Waals surface area (Å²) in [6, 6.07) is 6.92. The van der Waals surface area contributed by atoms with Crippen LogP contribution in [-0.4, -0.2) is 39.1 Å². The van der Waals surface area contributed by atoms with Gasteiger partial charge >= 0.3 is 5.69 Å². The highest BCUT2D eigenvalue weighted by atomic mass is 16.3. The van der Waals surface area contributed by atoms with Crippen LogP contribution in [-0.2, 0) is 0 Å². The maximum Gasteiger partial charge on any atom is 0.335 e. The van der Waals surface area contributed by atoms with E-state index in [1.807, 2.05) is 13.0 Å². The number of aliphatic hydroxyl groups is 1. The van der Waals surface area contributed by atoms with E-state index in [1.165, 1.54) is 0 Å². The lowest BCUT2D eigenvalue weighted by atomic mass is 10.2. The van der Waals surface area contributed by atoms with E-state index in [1.54, 1.807) is 18.2 Å². The second-order valence-corrected chi connectivity index (χ2v) is 4.56. The molecule has 0 aliphatic carbocycles. The highest BCUT2D eigenvalue weighted by Crippen LogP contribution is 2.16. The standard InChI is InChI=1S/C14H16N4O4/c1-9-3-2-4-10(7-9)18-13(21)11(8-16-15-5-6-19)12(20)17-14(18)22/h2-4,7-8,15,19,21H,5-6H2,1H3,(H,17,20,22)/b16-8-. The molecule has 0 aliphatic rings. The molecule has 8 nitrogen and oxygen atoms in total. The zero-order chi connectivity index (χ0) is 16.1. The van der Waals surface area contributed by atoms with Gasteiger partial charge in [-0.25, -0.2) is 9.36 Å². The van der Waals surface area contributed by atoms with Crippen LogP contribution in [0.15, 0.2) is 39.0 Å². The molecule has 1 aromatic heterocycles. The van der Waals surface area contributed by atoms with Crippen LogP contribution in [0.3, 0.4) is 0 Å². The van der Waals surface area contributed by atoms with E-state index in [4.69, 9.17) is 5.11 Å². The van der Waals surface area contributed by atoms with Gasteiger partial charge in [-0.15, -0.1) is 0 Å². The number of aromatic hydroxyl groups is 1. The predicted octanol–water partition coefficient (Wildman–Crippen LogP) is -0.544. The first-order chi connectivity index (χ1) is 10.5. The summed E-state index contributed by atoms with van der Waals surface area (Å²) in [5.41, 5.74) is 2.16. The van der Waals surface area contributed by atoms with Crippen molar-refractivity contribution in [2.75, 3.05) is 13.2 Å². The molecule has 0 aliphatic heterocycles. The van der Waals surface area contributed by atoms with E-state index in [2.05, 4.69) is 15.5 Å². The van der Waals surface area contributed by atoms with E-state index < -0.39 is 17.1 Å². The van der Waals surface area contributed by atoms with Crippen molar-refractivity contribution in [1.82, 2.24) is 15.0 Å². The molecule has 1 aromatic carbocycles. The van der Waals surface area contributed by atoms with Crippen molar-refractivity contribution in [2.45, 2.75) is 6.92 Å². The number of nitrogens with zero attached hydrogens (tertiary/aromatic N) is 2. The number of hydrazone groups is 1. The first kappa shape index (κ1) is 15.5. The Morgan fingerprint density at radius 2 is 2.18 bits per heavy atom. The van der Waals surface area contributed by atoms with Crippen molar-refractivity contribution in [3.63, 3.8) is 0 Å². The number of nitrogens with one attached hydrogen (secondary N) is 2. The van der Waals surface area contributed by atoms with Crippen LogP contribution in [0, 0.1) is 6.92 Å². The molecule has 2 rings (SSSR count). The Morgan fingerprint density at radius 3 is 2.86 bits per heavy atom. The van der Waals surface area contributed by atoms with Gasteiger partial charge in [0.1, 0.15) is 5.56 Å². The lowest BCUT2D eigenvalue weighted by molar-refractivity contribution is 0.294. The van der Waals surface area contributed by atoms with Crippen LogP contribution >= 0.6 is 0 Å². The highest BCUT2D eigenvalue weighted by molar-refractivity contribution is 5.82. The number of hydrogen-bond donors (Lipinski definition) is 4. The molecule has 0 unspecified atom stereocenters. The Labute approximate surface area is 125 Å². The number of rotatable bonds is 5. The molecule has 0 fully saturated rings. The normalized spacial score (nSPS) is 11.0. The molecule has 0 saturated carbocycles. The third-order valence-corrected chi connectivity index (χ3v) is 2.89. The quantitative estimate of drug-likeness (QED) is 0.336. The van der Waals surface area contributed by atoms with Crippen molar-refractivity contribution in [2.24, 2.45) is 5.10 Å². The summed E-state index contributed by atoms with van der Waals surface area (Å²) in [5, 5.41) is 22.6. The van der Waals surface area contributed by atoms with Gasteiger partial charge in [-0.05, 0) is 24.6 Å². The first-order valence-electron chi connectivity index (χ1n) is 6.56. The minimum Gasteiger partial charge on any atom is -0.493 e. The van der Waals surface area contributed by atoms with Gasteiger partial charge in [0.15, 0.2) is 0 Å². The number of benzene rings is 1.